The molecular formula is C14H16FN3O. The number of halogens is 1. The number of amides is 1. The van der Waals surface area contributed by atoms with Crippen molar-refractivity contribution in [2.24, 2.45) is 7.05 Å². The van der Waals surface area contributed by atoms with E-state index in [9.17, 15) is 9.18 Å². The maximum absolute atomic E-state index is 13.0. The van der Waals surface area contributed by atoms with E-state index in [1.54, 1.807) is 11.6 Å². The highest BCUT2D eigenvalue weighted by molar-refractivity contribution is 6.05. The zero-order chi connectivity index (χ0) is 14.2. The van der Waals surface area contributed by atoms with Gasteiger partial charge in [0.1, 0.15) is 5.82 Å². The maximum Gasteiger partial charge on any atom is 0.256 e. The minimum absolute atomic E-state index is 0.253. The molecule has 1 N–H and O–H groups in total. The van der Waals surface area contributed by atoms with E-state index in [1.807, 2.05) is 20.9 Å². The van der Waals surface area contributed by atoms with Gasteiger partial charge in [0.15, 0.2) is 0 Å². The van der Waals surface area contributed by atoms with Crippen LogP contribution in [-0.4, -0.2) is 15.7 Å². The van der Waals surface area contributed by atoms with E-state index in [1.165, 1.54) is 18.2 Å². The number of aryl methyl sites for hydroxylation is 3. The van der Waals surface area contributed by atoms with Crippen LogP contribution in [0.4, 0.5) is 10.1 Å². The van der Waals surface area contributed by atoms with Gasteiger partial charge in [-0.15, -0.1) is 0 Å². The van der Waals surface area contributed by atoms with Gasteiger partial charge in [-0.25, -0.2) is 4.39 Å². The molecule has 0 saturated heterocycles. The number of hydrogen-bond acceptors (Lipinski definition) is 2. The number of carbonyl (C=O) groups excluding carboxylic acids is 1. The molecule has 1 heterocycles. The molecule has 1 aromatic heterocycles. The Labute approximate surface area is 111 Å². The molecule has 0 aliphatic heterocycles. The molecule has 0 aliphatic rings. The molecule has 100 valence electrons. The summed E-state index contributed by atoms with van der Waals surface area (Å²) in [5.74, 6) is -0.598. The lowest BCUT2D eigenvalue weighted by molar-refractivity contribution is 0.102. The number of nitrogens with one attached hydrogen (secondary N) is 1. The number of nitrogens with zero attached hydrogens (tertiary/aromatic N) is 2. The van der Waals surface area contributed by atoms with Crippen LogP contribution in [-0.2, 0) is 7.05 Å². The predicted octanol–water partition coefficient (Wildman–Crippen LogP) is 2.74. The quantitative estimate of drug-likeness (QED) is 0.903. The molecule has 2 aromatic rings. The average molecular weight is 261 g/mol. The summed E-state index contributed by atoms with van der Waals surface area (Å²) >= 11 is 0. The monoisotopic (exact) mass is 261 g/mol. The topological polar surface area (TPSA) is 46.9 Å². The lowest BCUT2D eigenvalue weighted by Crippen LogP contribution is -2.14. The third-order valence-corrected chi connectivity index (χ3v) is 3.18. The molecule has 4 nitrogen and oxygen atoms in total. The third kappa shape index (κ3) is 2.50. The van der Waals surface area contributed by atoms with Gasteiger partial charge in [0.05, 0.1) is 17.1 Å². The number of benzene rings is 1. The van der Waals surface area contributed by atoms with E-state index < -0.39 is 0 Å². The van der Waals surface area contributed by atoms with Gasteiger partial charge in [-0.1, -0.05) is 0 Å². The molecule has 19 heavy (non-hydrogen) atoms. The summed E-state index contributed by atoms with van der Waals surface area (Å²) in [4.78, 5) is 12.2. The number of anilines is 1. The fourth-order valence-corrected chi connectivity index (χ4v) is 2.02. The number of aromatic nitrogens is 2. The van der Waals surface area contributed by atoms with Gasteiger partial charge >= 0.3 is 0 Å². The van der Waals surface area contributed by atoms with E-state index in [-0.39, 0.29) is 11.7 Å². The Balaban J connectivity index is 2.31. The van der Waals surface area contributed by atoms with Crippen molar-refractivity contribution in [3.63, 3.8) is 0 Å². The van der Waals surface area contributed by atoms with Gasteiger partial charge in [-0.2, -0.15) is 5.10 Å². The average Bonchev–Trinajstić information content (AvgIpc) is 2.56. The zero-order valence-electron chi connectivity index (χ0n) is 11.4. The van der Waals surface area contributed by atoms with Gasteiger partial charge in [0, 0.05) is 12.6 Å². The van der Waals surface area contributed by atoms with Gasteiger partial charge < -0.3 is 5.32 Å². The van der Waals surface area contributed by atoms with Crippen molar-refractivity contribution < 1.29 is 9.18 Å². The van der Waals surface area contributed by atoms with Gasteiger partial charge in [-0.05, 0) is 44.5 Å². The smallest absolute Gasteiger partial charge is 0.256 e. The summed E-state index contributed by atoms with van der Waals surface area (Å²) in [5, 5.41) is 7.07. The summed E-state index contributed by atoms with van der Waals surface area (Å²) in [6.07, 6.45) is 0. The van der Waals surface area contributed by atoms with Crippen molar-refractivity contribution in [1.29, 1.82) is 0 Å². The molecule has 0 bridgehead atoms. The Bertz CT molecular complexity index is 646. The fourth-order valence-electron chi connectivity index (χ4n) is 2.02. The molecule has 0 radical (unpaired) electrons. The Hall–Kier alpha value is -2.17. The normalized spacial score (nSPS) is 10.6. The first-order chi connectivity index (χ1) is 8.90. The summed E-state index contributed by atoms with van der Waals surface area (Å²) in [7, 11) is 1.82. The molecule has 1 aromatic carbocycles. The molecule has 0 atom stereocenters. The molecule has 1 amide bonds. The highest BCUT2D eigenvalue weighted by Gasteiger charge is 2.15. The van der Waals surface area contributed by atoms with Gasteiger partial charge in [-0.3, -0.25) is 9.48 Å². The summed E-state index contributed by atoms with van der Waals surface area (Å²) in [5.41, 5.74) is 3.41. The van der Waals surface area contributed by atoms with Crippen LogP contribution < -0.4 is 5.32 Å². The standard InChI is InChI=1S/C14H16FN3O/c1-8-7-11(15)5-6-12(8)14(19)16-13-9(2)17-18(4)10(13)3/h5-7H,1-4H3,(H,16,19). The Morgan fingerprint density at radius 2 is 2.00 bits per heavy atom. The maximum atomic E-state index is 13.0. The Morgan fingerprint density at radius 3 is 2.53 bits per heavy atom. The number of carbonyl (C=O) groups is 1. The van der Waals surface area contributed by atoms with Crippen LogP contribution in [0.3, 0.4) is 0 Å². The molecule has 5 heteroatoms. The second-order valence-electron chi connectivity index (χ2n) is 4.58. The molecule has 2 rings (SSSR count). The van der Waals surface area contributed by atoms with E-state index in [0.29, 0.717) is 16.8 Å². The van der Waals surface area contributed by atoms with Crippen LogP contribution in [0.1, 0.15) is 27.3 Å². The highest BCUT2D eigenvalue weighted by Crippen LogP contribution is 2.20. The van der Waals surface area contributed by atoms with Crippen molar-refractivity contribution in [1.82, 2.24) is 9.78 Å². The first kappa shape index (κ1) is 13.3. The summed E-state index contributed by atoms with van der Waals surface area (Å²) in [6.45, 7) is 5.42. The lowest BCUT2D eigenvalue weighted by atomic mass is 10.1. The lowest BCUT2D eigenvalue weighted by Gasteiger charge is -2.08. The fraction of sp³-hybridized carbons (Fsp3) is 0.286. The second kappa shape index (κ2) is 4.84. The molecule has 0 fully saturated rings. The van der Waals surface area contributed by atoms with Crippen LogP contribution >= 0.6 is 0 Å². The highest BCUT2D eigenvalue weighted by atomic mass is 19.1. The van der Waals surface area contributed by atoms with Crippen molar-refractivity contribution >= 4 is 11.6 Å². The SMILES string of the molecule is Cc1cc(F)ccc1C(=O)Nc1c(C)nn(C)c1C. The van der Waals surface area contributed by atoms with E-state index in [4.69, 9.17) is 0 Å². The molecule has 0 unspecified atom stereocenters. The summed E-state index contributed by atoms with van der Waals surface area (Å²) < 4.78 is 14.7. The van der Waals surface area contributed by atoms with E-state index in [2.05, 4.69) is 10.4 Å². The van der Waals surface area contributed by atoms with Crippen LogP contribution in [0.2, 0.25) is 0 Å². The minimum atomic E-state index is -0.345. The minimum Gasteiger partial charge on any atom is -0.319 e. The van der Waals surface area contributed by atoms with Crippen molar-refractivity contribution in [2.45, 2.75) is 20.8 Å². The van der Waals surface area contributed by atoms with Gasteiger partial charge in [0.25, 0.3) is 5.91 Å². The number of hydrogen-bond donors (Lipinski definition) is 1. The summed E-state index contributed by atoms with van der Waals surface area (Å²) in [6, 6.07) is 4.11. The molecule has 0 aliphatic carbocycles. The second-order valence-corrected chi connectivity index (χ2v) is 4.58. The Kier molecular flexibility index (Phi) is 3.38. The van der Waals surface area contributed by atoms with E-state index >= 15 is 0 Å². The van der Waals surface area contributed by atoms with Crippen LogP contribution in [0.25, 0.3) is 0 Å². The molecule has 0 spiro atoms. The van der Waals surface area contributed by atoms with E-state index in [0.717, 1.165) is 11.4 Å². The van der Waals surface area contributed by atoms with Crippen LogP contribution in [0.15, 0.2) is 18.2 Å². The van der Waals surface area contributed by atoms with Crippen molar-refractivity contribution in [3.05, 3.63) is 46.5 Å². The first-order valence-electron chi connectivity index (χ1n) is 5.98. The van der Waals surface area contributed by atoms with Crippen LogP contribution in [0, 0.1) is 26.6 Å². The zero-order valence-corrected chi connectivity index (χ0v) is 11.4. The Morgan fingerprint density at radius 1 is 1.32 bits per heavy atom. The predicted molar refractivity (Wildman–Crippen MR) is 71.8 cm³/mol. The van der Waals surface area contributed by atoms with Crippen LogP contribution in [0.5, 0.6) is 0 Å². The third-order valence-electron chi connectivity index (χ3n) is 3.18. The largest absolute Gasteiger partial charge is 0.319 e. The van der Waals surface area contributed by atoms with Crippen molar-refractivity contribution in [2.75, 3.05) is 5.32 Å². The number of rotatable bonds is 2. The van der Waals surface area contributed by atoms with Crippen molar-refractivity contribution in [3.8, 4) is 0 Å². The first-order valence-corrected chi connectivity index (χ1v) is 5.98. The molecular weight excluding hydrogens is 245 g/mol. The molecule has 0 saturated carbocycles. The van der Waals surface area contributed by atoms with Gasteiger partial charge in [0.2, 0.25) is 0 Å².